The lowest BCUT2D eigenvalue weighted by atomic mass is 10.1. The van der Waals surface area contributed by atoms with Crippen LogP contribution in [0, 0.1) is 10.1 Å². The van der Waals surface area contributed by atoms with E-state index in [4.69, 9.17) is 4.84 Å². The lowest BCUT2D eigenvalue weighted by Crippen LogP contribution is -2.29. The number of nitrogens with zero attached hydrogens (tertiary/aromatic N) is 1. The summed E-state index contributed by atoms with van der Waals surface area (Å²) < 4.78 is 0. The molecule has 0 saturated carbocycles. The summed E-state index contributed by atoms with van der Waals surface area (Å²) in [6, 6.07) is 5.93. The number of nitro groups is 1. The maximum absolute atomic E-state index is 10.8. The lowest BCUT2D eigenvalue weighted by Gasteiger charge is -2.15. The Labute approximate surface area is 115 Å². The summed E-state index contributed by atoms with van der Waals surface area (Å²) in [7, 11) is 0. The molecular weight excluding hydrogens is 260 g/mol. The predicted molar refractivity (Wildman–Crippen MR) is 72.3 cm³/mol. The van der Waals surface area contributed by atoms with Crippen LogP contribution in [0.4, 0.5) is 5.69 Å². The number of hydroxylamine groups is 1. The smallest absolute Gasteiger partial charge is 0.274 e. The first-order valence-electron chi connectivity index (χ1n) is 5.92. The molecule has 1 aromatic carbocycles. The van der Waals surface area contributed by atoms with Gasteiger partial charge in [-0.3, -0.25) is 15.0 Å². The molecule has 102 valence electrons. The second kappa shape index (κ2) is 6.58. The molecule has 1 unspecified atom stereocenters. The van der Waals surface area contributed by atoms with Crippen molar-refractivity contribution in [2.45, 2.75) is 12.6 Å². The number of allylic oxidation sites excluding steroid dienone is 2. The van der Waals surface area contributed by atoms with Crippen molar-refractivity contribution in [3.05, 3.63) is 69.8 Å². The number of benzene rings is 1. The zero-order chi connectivity index (χ0) is 14.4. The number of para-hydroxylation sites is 1. The molecule has 1 aliphatic carbocycles. The van der Waals surface area contributed by atoms with Gasteiger partial charge in [0.1, 0.15) is 5.94 Å². The molecule has 1 N–H and O–H groups in total. The molecule has 0 aromatic heterocycles. The minimum Gasteiger partial charge on any atom is -0.296 e. The molecule has 1 atom stereocenters. The van der Waals surface area contributed by atoms with E-state index in [1.807, 2.05) is 5.94 Å². The van der Waals surface area contributed by atoms with Crippen molar-refractivity contribution >= 4 is 11.6 Å². The van der Waals surface area contributed by atoms with Crippen molar-refractivity contribution in [2.24, 2.45) is 0 Å². The summed E-state index contributed by atoms with van der Waals surface area (Å²) >= 11 is 0. The Morgan fingerprint density at radius 2 is 2.15 bits per heavy atom. The minimum absolute atomic E-state index is 0.000431. The van der Waals surface area contributed by atoms with Gasteiger partial charge in [0.15, 0.2) is 0 Å². The third-order valence-electron chi connectivity index (χ3n) is 2.77. The van der Waals surface area contributed by atoms with Gasteiger partial charge in [0.2, 0.25) is 0 Å². The predicted octanol–water partition coefficient (Wildman–Crippen LogP) is 1.87. The molecule has 0 heterocycles. The average molecular weight is 272 g/mol. The molecule has 0 aliphatic heterocycles. The molecule has 0 spiro atoms. The van der Waals surface area contributed by atoms with Crippen LogP contribution in [0.15, 0.2) is 54.1 Å². The SMILES string of the molecule is O=C=C1C=CC=CC1NOCc1ccccc1[N+](=O)[O-]. The van der Waals surface area contributed by atoms with E-state index >= 15 is 0 Å². The van der Waals surface area contributed by atoms with E-state index in [1.54, 1.807) is 42.5 Å². The van der Waals surface area contributed by atoms with Crippen LogP contribution >= 0.6 is 0 Å². The molecule has 0 bridgehead atoms. The first-order valence-corrected chi connectivity index (χ1v) is 5.92. The third kappa shape index (κ3) is 3.27. The summed E-state index contributed by atoms with van der Waals surface area (Å²) in [5.74, 6) is 1.81. The summed E-state index contributed by atoms with van der Waals surface area (Å²) in [6.45, 7) is 0.0251. The Kier molecular flexibility index (Phi) is 4.57. The molecule has 0 amide bonds. The Balaban J connectivity index is 1.97. The van der Waals surface area contributed by atoms with Crippen LogP contribution in [0.2, 0.25) is 0 Å². The zero-order valence-corrected chi connectivity index (χ0v) is 10.5. The highest BCUT2D eigenvalue weighted by Crippen LogP contribution is 2.18. The maximum atomic E-state index is 10.8. The molecule has 1 aliphatic rings. The van der Waals surface area contributed by atoms with Gasteiger partial charge in [0.25, 0.3) is 5.69 Å². The largest absolute Gasteiger partial charge is 0.296 e. The highest BCUT2D eigenvalue weighted by Gasteiger charge is 2.15. The fourth-order valence-electron chi connectivity index (χ4n) is 1.76. The van der Waals surface area contributed by atoms with Gasteiger partial charge in [-0.1, -0.05) is 30.4 Å². The second-order valence-corrected chi connectivity index (χ2v) is 4.07. The molecule has 0 fully saturated rings. The van der Waals surface area contributed by atoms with Crippen molar-refractivity contribution in [1.82, 2.24) is 5.48 Å². The summed E-state index contributed by atoms with van der Waals surface area (Å²) in [4.78, 5) is 26.3. The molecule has 20 heavy (non-hydrogen) atoms. The van der Waals surface area contributed by atoms with Crippen LogP contribution < -0.4 is 5.48 Å². The van der Waals surface area contributed by atoms with E-state index in [-0.39, 0.29) is 12.3 Å². The van der Waals surface area contributed by atoms with Crippen LogP contribution in [-0.2, 0) is 16.2 Å². The molecule has 0 radical (unpaired) electrons. The van der Waals surface area contributed by atoms with E-state index in [0.29, 0.717) is 11.1 Å². The quantitative estimate of drug-likeness (QED) is 0.502. The van der Waals surface area contributed by atoms with Gasteiger partial charge in [-0.05, 0) is 12.1 Å². The number of hydrogen-bond acceptors (Lipinski definition) is 5. The molecule has 1 aromatic rings. The normalized spacial score (nSPS) is 17.0. The van der Waals surface area contributed by atoms with Crippen LogP contribution in [0.5, 0.6) is 0 Å². The number of carbonyl (C=O) groups excluding carboxylic acids is 1. The lowest BCUT2D eigenvalue weighted by molar-refractivity contribution is -0.386. The minimum atomic E-state index is -0.460. The van der Waals surface area contributed by atoms with Crippen LogP contribution in [0.25, 0.3) is 0 Å². The van der Waals surface area contributed by atoms with E-state index in [1.165, 1.54) is 6.07 Å². The van der Waals surface area contributed by atoms with Crippen LogP contribution in [0.1, 0.15) is 5.56 Å². The molecule has 2 rings (SSSR count). The second-order valence-electron chi connectivity index (χ2n) is 4.07. The third-order valence-corrected chi connectivity index (χ3v) is 2.77. The van der Waals surface area contributed by atoms with Gasteiger partial charge in [0, 0.05) is 6.07 Å². The summed E-state index contributed by atoms with van der Waals surface area (Å²) in [5.41, 5.74) is 3.54. The standard InChI is InChI=1S/C14H12N2O4/c17-9-11-5-1-3-7-13(11)15-20-10-12-6-2-4-8-14(12)16(18)19/h1-8,13,15H,10H2. The average Bonchev–Trinajstić information content (AvgIpc) is 2.48. The number of nitrogens with one attached hydrogen (secondary N) is 1. The van der Waals surface area contributed by atoms with Crippen molar-refractivity contribution in [3.8, 4) is 0 Å². The van der Waals surface area contributed by atoms with Crippen molar-refractivity contribution in [1.29, 1.82) is 0 Å². The van der Waals surface area contributed by atoms with Crippen molar-refractivity contribution < 1.29 is 14.6 Å². The van der Waals surface area contributed by atoms with Crippen LogP contribution in [-0.4, -0.2) is 16.9 Å². The van der Waals surface area contributed by atoms with Gasteiger partial charge >= 0.3 is 0 Å². The summed E-state index contributed by atoms with van der Waals surface area (Å²) in [5, 5.41) is 10.8. The Bertz CT molecular complexity index is 615. The first-order chi connectivity index (χ1) is 9.72. The topological polar surface area (TPSA) is 81.5 Å². The van der Waals surface area contributed by atoms with Crippen molar-refractivity contribution in [2.75, 3.05) is 0 Å². The molecular formula is C14H12N2O4. The Hall–Kier alpha value is -2.53. The molecule has 6 heteroatoms. The maximum Gasteiger partial charge on any atom is 0.274 e. The van der Waals surface area contributed by atoms with Gasteiger partial charge in [0.05, 0.1) is 28.7 Å². The number of hydrogen-bond donors (Lipinski definition) is 1. The molecule has 6 nitrogen and oxygen atoms in total. The Morgan fingerprint density at radius 3 is 2.90 bits per heavy atom. The fourth-order valence-corrected chi connectivity index (χ4v) is 1.76. The monoisotopic (exact) mass is 272 g/mol. The molecule has 0 saturated heterocycles. The number of nitro benzene ring substituents is 1. The van der Waals surface area contributed by atoms with Crippen LogP contribution in [0.3, 0.4) is 0 Å². The van der Waals surface area contributed by atoms with Gasteiger partial charge in [-0.15, -0.1) is 0 Å². The fraction of sp³-hybridized carbons (Fsp3) is 0.143. The highest BCUT2D eigenvalue weighted by molar-refractivity contribution is 5.62. The van der Waals surface area contributed by atoms with E-state index in [0.717, 1.165) is 0 Å². The van der Waals surface area contributed by atoms with E-state index in [2.05, 4.69) is 5.48 Å². The van der Waals surface area contributed by atoms with Gasteiger partial charge in [-0.2, -0.15) is 5.48 Å². The Morgan fingerprint density at radius 1 is 1.35 bits per heavy atom. The van der Waals surface area contributed by atoms with Gasteiger partial charge in [-0.25, -0.2) is 4.79 Å². The van der Waals surface area contributed by atoms with E-state index < -0.39 is 11.0 Å². The highest BCUT2D eigenvalue weighted by atomic mass is 16.6. The van der Waals surface area contributed by atoms with E-state index in [9.17, 15) is 14.9 Å². The van der Waals surface area contributed by atoms with Gasteiger partial charge < -0.3 is 0 Å². The van der Waals surface area contributed by atoms with Crippen molar-refractivity contribution in [3.63, 3.8) is 0 Å². The summed E-state index contributed by atoms with van der Waals surface area (Å²) in [6.07, 6.45) is 6.85. The first kappa shape index (κ1) is 13.9. The zero-order valence-electron chi connectivity index (χ0n) is 10.5. The number of rotatable bonds is 5.